The van der Waals surface area contributed by atoms with Crippen LogP contribution in [-0.2, 0) is 0 Å². The number of piperidine rings is 1. The minimum atomic E-state index is 0.0265. The van der Waals surface area contributed by atoms with Crippen molar-refractivity contribution >= 4 is 17.5 Å². The lowest BCUT2D eigenvalue weighted by molar-refractivity contribution is 0.0946. The van der Waals surface area contributed by atoms with Gasteiger partial charge in [0.15, 0.2) is 0 Å². The summed E-state index contributed by atoms with van der Waals surface area (Å²) in [5.74, 6) is 1.32. The zero-order valence-corrected chi connectivity index (χ0v) is 10.4. The van der Waals surface area contributed by atoms with E-state index in [1.807, 2.05) is 13.0 Å². The molecule has 0 bridgehead atoms. The first kappa shape index (κ1) is 11.1. The Bertz CT molecular complexity index is 464. The van der Waals surface area contributed by atoms with Gasteiger partial charge in [-0.05, 0) is 42.5 Å². The molecule has 1 heterocycles. The maximum Gasteiger partial charge on any atom is 0.251 e. The molecule has 1 saturated carbocycles. The summed E-state index contributed by atoms with van der Waals surface area (Å²) < 4.78 is 0. The van der Waals surface area contributed by atoms with Crippen molar-refractivity contribution < 1.29 is 4.79 Å². The number of carbonyl (C=O) groups excluding carboxylic acids is 1. The molecule has 1 aliphatic heterocycles. The van der Waals surface area contributed by atoms with Crippen LogP contribution in [0.25, 0.3) is 0 Å². The number of nitrogens with one attached hydrogen (secondary N) is 2. The van der Waals surface area contributed by atoms with Gasteiger partial charge in [-0.15, -0.1) is 0 Å². The van der Waals surface area contributed by atoms with Gasteiger partial charge in [-0.25, -0.2) is 0 Å². The number of halogens is 1. The number of aryl methyl sites for hydroxylation is 1. The van der Waals surface area contributed by atoms with Gasteiger partial charge in [-0.2, -0.15) is 0 Å². The molecule has 1 amide bonds. The number of fused-ring (bicyclic) bond motifs is 1. The van der Waals surface area contributed by atoms with Crippen LogP contribution < -0.4 is 10.6 Å². The molecule has 3 nitrogen and oxygen atoms in total. The van der Waals surface area contributed by atoms with Crippen molar-refractivity contribution in [2.24, 2.45) is 11.8 Å². The van der Waals surface area contributed by atoms with E-state index in [2.05, 4.69) is 10.6 Å². The lowest BCUT2D eigenvalue weighted by Crippen LogP contribution is -2.32. The fourth-order valence-corrected chi connectivity index (χ4v) is 2.97. The third-order valence-corrected chi connectivity index (χ3v) is 4.06. The van der Waals surface area contributed by atoms with E-state index in [9.17, 15) is 4.79 Å². The maximum absolute atomic E-state index is 12.1. The molecule has 4 heteroatoms. The normalized spacial score (nSPS) is 29.9. The Morgan fingerprint density at radius 1 is 1.41 bits per heavy atom. The molecule has 1 saturated heterocycles. The third-order valence-electron chi connectivity index (χ3n) is 3.82. The quantitative estimate of drug-likeness (QED) is 0.837. The number of amides is 1. The van der Waals surface area contributed by atoms with Crippen molar-refractivity contribution in [3.05, 3.63) is 34.3 Å². The largest absolute Gasteiger partial charge is 0.349 e. The Hall–Kier alpha value is -1.06. The summed E-state index contributed by atoms with van der Waals surface area (Å²) in [5, 5.41) is 7.10. The third kappa shape index (κ3) is 1.94. The molecular weight excluding hydrogens is 236 g/mol. The highest BCUT2D eigenvalue weighted by atomic mass is 35.5. The summed E-state index contributed by atoms with van der Waals surface area (Å²) in [7, 11) is 0. The highest BCUT2D eigenvalue weighted by molar-refractivity contribution is 6.30. The zero-order chi connectivity index (χ0) is 12.0. The van der Waals surface area contributed by atoms with Gasteiger partial charge in [0.25, 0.3) is 5.91 Å². The Kier molecular flexibility index (Phi) is 2.60. The molecule has 2 fully saturated rings. The minimum Gasteiger partial charge on any atom is -0.349 e. The van der Waals surface area contributed by atoms with E-state index < -0.39 is 0 Å². The van der Waals surface area contributed by atoms with Crippen molar-refractivity contribution in [1.29, 1.82) is 0 Å². The van der Waals surface area contributed by atoms with Crippen LogP contribution >= 0.6 is 11.6 Å². The predicted molar refractivity (Wildman–Crippen MR) is 67.3 cm³/mol. The molecule has 3 rings (SSSR count). The molecule has 90 valence electrons. The first-order valence-electron chi connectivity index (χ1n) is 5.94. The van der Waals surface area contributed by atoms with Gasteiger partial charge in [0.2, 0.25) is 0 Å². The summed E-state index contributed by atoms with van der Waals surface area (Å²) in [6.45, 7) is 3.99. The zero-order valence-electron chi connectivity index (χ0n) is 9.66. The second-order valence-corrected chi connectivity index (χ2v) is 5.38. The Balaban J connectivity index is 1.70. The van der Waals surface area contributed by atoms with E-state index in [0.717, 1.165) is 24.2 Å². The van der Waals surface area contributed by atoms with Crippen LogP contribution in [0.15, 0.2) is 18.2 Å². The Labute approximate surface area is 106 Å². The number of hydrogen-bond donors (Lipinski definition) is 2. The second kappa shape index (κ2) is 4.00. The van der Waals surface area contributed by atoms with E-state index in [1.54, 1.807) is 12.1 Å². The molecule has 17 heavy (non-hydrogen) atoms. The van der Waals surface area contributed by atoms with Crippen molar-refractivity contribution in [1.82, 2.24) is 10.6 Å². The molecule has 2 aliphatic rings. The molecule has 0 radical (unpaired) electrons. The molecule has 1 aliphatic carbocycles. The summed E-state index contributed by atoms with van der Waals surface area (Å²) in [5.41, 5.74) is 1.66. The van der Waals surface area contributed by atoms with Gasteiger partial charge in [0.05, 0.1) is 0 Å². The first-order chi connectivity index (χ1) is 8.16. The van der Waals surface area contributed by atoms with E-state index >= 15 is 0 Å². The number of hydrogen-bond acceptors (Lipinski definition) is 2. The molecule has 0 spiro atoms. The van der Waals surface area contributed by atoms with E-state index in [-0.39, 0.29) is 5.91 Å². The van der Waals surface area contributed by atoms with Crippen molar-refractivity contribution in [2.75, 3.05) is 13.1 Å². The highest BCUT2D eigenvalue weighted by Gasteiger charge is 2.53. The van der Waals surface area contributed by atoms with Gasteiger partial charge >= 0.3 is 0 Å². The van der Waals surface area contributed by atoms with E-state index in [0.29, 0.717) is 22.9 Å². The van der Waals surface area contributed by atoms with Crippen molar-refractivity contribution in [3.8, 4) is 0 Å². The van der Waals surface area contributed by atoms with E-state index in [4.69, 9.17) is 11.6 Å². The lowest BCUT2D eigenvalue weighted by Gasteiger charge is -2.09. The Morgan fingerprint density at radius 3 is 2.76 bits per heavy atom. The fourth-order valence-electron chi connectivity index (χ4n) is 2.74. The minimum absolute atomic E-state index is 0.0265. The van der Waals surface area contributed by atoms with Gasteiger partial charge < -0.3 is 10.6 Å². The van der Waals surface area contributed by atoms with Crippen LogP contribution in [0.4, 0.5) is 0 Å². The average Bonchev–Trinajstić information content (AvgIpc) is 2.74. The van der Waals surface area contributed by atoms with Gasteiger partial charge in [0.1, 0.15) is 0 Å². The van der Waals surface area contributed by atoms with Crippen LogP contribution in [0.1, 0.15) is 15.9 Å². The smallest absolute Gasteiger partial charge is 0.251 e. The number of carbonyl (C=O) groups is 1. The summed E-state index contributed by atoms with van der Waals surface area (Å²) >= 11 is 5.88. The molecule has 1 aromatic rings. The van der Waals surface area contributed by atoms with Crippen LogP contribution in [0.2, 0.25) is 5.02 Å². The first-order valence-corrected chi connectivity index (χ1v) is 6.32. The van der Waals surface area contributed by atoms with Crippen LogP contribution in [-0.4, -0.2) is 25.0 Å². The Morgan fingerprint density at radius 2 is 2.12 bits per heavy atom. The maximum atomic E-state index is 12.1. The molecule has 2 unspecified atom stereocenters. The molecule has 2 atom stereocenters. The summed E-state index contributed by atoms with van der Waals surface area (Å²) in [6.07, 6.45) is 0. The second-order valence-electron chi connectivity index (χ2n) is 4.94. The monoisotopic (exact) mass is 250 g/mol. The van der Waals surface area contributed by atoms with Crippen LogP contribution in [0, 0.1) is 18.8 Å². The van der Waals surface area contributed by atoms with Crippen molar-refractivity contribution in [2.45, 2.75) is 13.0 Å². The highest BCUT2D eigenvalue weighted by Crippen LogP contribution is 2.41. The fraction of sp³-hybridized carbons (Fsp3) is 0.462. The molecule has 0 aromatic heterocycles. The van der Waals surface area contributed by atoms with Gasteiger partial charge in [-0.1, -0.05) is 11.6 Å². The molecule has 1 aromatic carbocycles. The summed E-state index contributed by atoms with van der Waals surface area (Å²) in [4.78, 5) is 12.1. The topological polar surface area (TPSA) is 41.1 Å². The predicted octanol–water partition coefficient (Wildman–Crippen LogP) is 1.60. The standard InChI is InChI=1S/C13H15ClN2O/c1-7-4-8(14)2-3-9(7)13(17)16-12-10-5-15-6-11(10)12/h2-4,10-12,15H,5-6H2,1H3,(H,16,17). The average molecular weight is 251 g/mol. The number of rotatable bonds is 2. The lowest BCUT2D eigenvalue weighted by atomic mass is 10.1. The SMILES string of the molecule is Cc1cc(Cl)ccc1C(=O)NC1C2CNCC21. The van der Waals surface area contributed by atoms with E-state index in [1.165, 1.54) is 0 Å². The van der Waals surface area contributed by atoms with Gasteiger partial charge in [-0.3, -0.25) is 4.79 Å². The molecule has 2 N–H and O–H groups in total. The van der Waals surface area contributed by atoms with Crippen molar-refractivity contribution in [3.63, 3.8) is 0 Å². The van der Waals surface area contributed by atoms with Crippen LogP contribution in [0.5, 0.6) is 0 Å². The van der Waals surface area contributed by atoms with Gasteiger partial charge in [0, 0.05) is 29.7 Å². The number of benzene rings is 1. The molecular formula is C13H15ClN2O. The summed E-state index contributed by atoms with van der Waals surface area (Å²) in [6, 6.07) is 5.76. The van der Waals surface area contributed by atoms with Crippen LogP contribution in [0.3, 0.4) is 0 Å².